The summed E-state index contributed by atoms with van der Waals surface area (Å²) in [5, 5.41) is 9.63. The summed E-state index contributed by atoms with van der Waals surface area (Å²) in [4.78, 5) is 35.0. The first-order valence-corrected chi connectivity index (χ1v) is 55.0. The molecule has 0 amide bonds. The van der Waals surface area contributed by atoms with E-state index in [0.29, 0.717) is 17.0 Å². The molecule has 124 heavy (non-hydrogen) atoms. The molecule has 19 heteroatoms. The Morgan fingerprint density at radius 1 is 0.347 bits per heavy atom. The molecular weight excluding hydrogens is 2500 g/mol. The predicted octanol–water partition coefficient (Wildman–Crippen LogP) is 24.0. The monoisotopic (exact) mass is 2620 g/mol. The largest absolute Gasteiger partial charge is 0.510 e. The molecule has 9 aromatic carbocycles. The first-order valence-electron chi connectivity index (χ1n) is 40.5. The minimum Gasteiger partial charge on any atom is -0.510 e. The van der Waals surface area contributed by atoms with E-state index in [2.05, 4.69) is 353 Å². The molecule has 16 rings (SSSR count). The third-order valence-electron chi connectivity index (χ3n) is 20.7. The van der Waals surface area contributed by atoms with Crippen LogP contribution in [0.5, 0.6) is 0 Å². The van der Waals surface area contributed by atoms with Crippen LogP contribution in [0.2, 0.25) is 0 Å². The molecule has 0 bridgehead atoms. The molecule has 14 aromatic rings. The van der Waals surface area contributed by atoms with Gasteiger partial charge in [0, 0.05) is 213 Å². The van der Waals surface area contributed by atoms with E-state index in [1.807, 2.05) is 158 Å². The van der Waals surface area contributed by atoms with Gasteiger partial charge in [-0.25, -0.2) is 0 Å². The van der Waals surface area contributed by atoms with E-state index in [-0.39, 0.29) is 106 Å². The van der Waals surface area contributed by atoms with Crippen molar-refractivity contribution in [3.63, 3.8) is 0 Å². The number of aliphatic imine (C=N–C) groups is 1. The Balaban J connectivity index is 0.000000258. The van der Waals surface area contributed by atoms with Gasteiger partial charge >= 0.3 is 0 Å². The number of benzene rings is 9. The normalized spacial score (nSPS) is 12.3. The van der Waals surface area contributed by atoms with Crippen LogP contribution in [0.3, 0.4) is 0 Å². The van der Waals surface area contributed by atoms with Crippen LogP contribution in [-0.2, 0) is 106 Å². The molecule has 9 nitrogen and oxygen atoms in total. The fourth-order valence-corrected chi connectivity index (χ4v) is 24.7. The maximum atomic E-state index is 4.90. The predicted molar refractivity (Wildman–Crippen MR) is 527 cm³/mol. The molecule has 655 valence electrons. The van der Waals surface area contributed by atoms with Crippen molar-refractivity contribution >= 4 is 90.7 Å². The fraction of sp³-hybridized carbons (Fsp3) is 0.238. The Labute approximate surface area is 813 Å². The van der Waals surface area contributed by atoms with Crippen molar-refractivity contribution in [3.05, 3.63) is 365 Å². The number of rotatable bonds is 15. The van der Waals surface area contributed by atoms with Crippen molar-refractivity contribution in [3.8, 4) is 56.3 Å². The topological polar surface area (TPSA) is 96.2 Å². The van der Waals surface area contributed by atoms with Crippen LogP contribution in [0.15, 0.2) is 309 Å². The summed E-state index contributed by atoms with van der Waals surface area (Å²) < 4.78 is 0. The minimum absolute atomic E-state index is 0. The van der Waals surface area contributed by atoms with Gasteiger partial charge in [0.25, 0.3) is 0 Å². The maximum Gasteiger partial charge on any atom is 0.0677 e. The number of para-hydroxylation sites is 1. The van der Waals surface area contributed by atoms with Gasteiger partial charge in [-0.05, 0) is 141 Å². The van der Waals surface area contributed by atoms with Crippen LogP contribution in [0, 0.1) is 49.1 Å². The van der Waals surface area contributed by atoms with Gasteiger partial charge in [0.15, 0.2) is 0 Å². The molecule has 0 aliphatic carbocycles. The third-order valence-corrected chi connectivity index (χ3v) is 34.3. The zero-order chi connectivity index (χ0) is 85.6. The van der Waals surface area contributed by atoms with E-state index < -0.39 is 36.3 Å². The summed E-state index contributed by atoms with van der Waals surface area (Å²) in [7, 11) is -3.22. The number of fused-ring (bicyclic) bond motifs is 2. The molecule has 5 aromatic heterocycles. The van der Waals surface area contributed by atoms with Gasteiger partial charge in [-0.3, -0.25) is 9.98 Å². The Morgan fingerprint density at radius 2 is 0.750 bits per heavy atom. The van der Waals surface area contributed by atoms with E-state index in [1.54, 1.807) is 24.8 Å². The fourth-order valence-electron chi connectivity index (χ4n) is 14.5. The number of anilines is 1. The van der Waals surface area contributed by atoms with Gasteiger partial charge in [0.2, 0.25) is 0 Å². The van der Waals surface area contributed by atoms with Gasteiger partial charge in [-0.2, -0.15) is 18.8 Å². The summed E-state index contributed by atoms with van der Waals surface area (Å²) >= 11 is 0. The minimum atomic E-state index is -1.28. The molecule has 0 saturated carbocycles. The summed E-state index contributed by atoms with van der Waals surface area (Å²) in [5.41, 5.74) is 17.9. The van der Waals surface area contributed by atoms with Gasteiger partial charge in [-0.1, -0.05) is 92.7 Å². The Bertz CT molecular complexity index is 5420. The van der Waals surface area contributed by atoms with Crippen LogP contribution in [0.1, 0.15) is 66.5 Å². The number of aromatic nitrogens is 6. The molecule has 5 radical (unpaired) electrons. The number of pyridine rings is 4. The Kier molecular flexibility index (Phi) is 43.8. The van der Waals surface area contributed by atoms with Crippen molar-refractivity contribution < 1.29 is 101 Å². The second-order valence-corrected chi connectivity index (χ2v) is 57.6. The Morgan fingerprint density at radius 3 is 1.20 bits per heavy atom. The summed E-state index contributed by atoms with van der Waals surface area (Å²) in [6.45, 7) is 48.9. The zero-order valence-corrected chi connectivity index (χ0v) is 91.6. The average molecular weight is 2620 g/mol. The maximum absolute atomic E-state index is 4.90. The van der Waals surface area contributed by atoms with Gasteiger partial charge < -0.3 is 34.7 Å². The molecular formula is C105H117Ir5N9P5-3. The molecule has 2 aliphatic rings. The van der Waals surface area contributed by atoms with E-state index >= 15 is 0 Å². The molecule has 0 N–H and O–H groups in total. The standard InChI is InChI=1S/C19H27N2P.C19H22NP.C18H18NP.C14H16NP.C13H18N2P.2C11H8N.5Ir/c1-14(2)22(15(3)4,16(5)6)18-9-7-8-17(12-18)19-13-20-10-11-21-19;1-19(2)16-11-6-7-12-17(16)20-18(19)14-9-8-10-15(13-14)21(3,4)5;1-20(2,3)16-9-6-8-15(13-16)18-17-10-5-4-7-14(17)11-12-19-18;1-16(2,3)13-8-6-7-12(11-13)14-9-4-5-10-15-14;1-14-8-9-15(11-14)12-6-5-7-13(10-12)16(2,3)4;2*1-2-6-10(7-3-1)11-8-4-5-9-12-11;;;;;/h7,9-16H,1-6H3;6-8,10-13H,1-5H3;4-7,9-13H,1-3H3;4-6,8-11H,1-3H3;5,7-11H,1-4H3;2*1-6,8-9H;;;;;/q;;;;3*-1;;;;;. The van der Waals surface area contributed by atoms with E-state index in [0.717, 1.165) is 78.9 Å². The molecule has 0 unspecified atom stereocenters. The van der Waals surface area contributed by atoms with Crippen LogP contribution in [0.25, 0.3) is 67.1 Å². The summed E-state index contributed by atoms with van der Waals surface area (Å²) in [5.74, 6) is 0. The van der Waals surface area contributed by atoms with Crippen molar-refractivity contribution in [1.82, 2.24) is 34.8 Å². The summed E-state index contributed by atoms with van der Waals surface area (Å²) in [6, 6.07) is 108. The van der Waals surface area contributed by atoms with Crippen LogP contribution >= 0.6 is 36.3 Å². The van der Waals surface area contributed by atoms with Crippen molar-refractivity contribution in [2.75, 3.05) is 91.9 Å². The second-order valence-electron chi connectivity index (χ2n) is 34.2. The van der Waals surface area contributed by atoms with Crippen LogP contribution in [0.4, 0.5) is 11.4 Å². The molecule has 0 fully saturated rings. The smallest absolute Gasteiger partial charge is 0.0677 e. The molecule has 0 atom stereocenters. The molecule has 0 saturated heterocycles. The first-order chi connectivity index (χ1) is 56.7. The van der Waals surface area contributed by atoms with E-state index in [1.165, 1.54) is 42.9 Å². The molecule has 7 heterocycles. The molecule has 0 spiro atoms. The number of hydrogen-bond donors (Lipinski definition) is 0. The van der Waals surface area contributed by atoms with E-state index in [9.17, 15) is 0 Å². The number of nitrogens with zero attached hydrogens (tertiary/aromatic N) is 9. The molecule has 2 aliphatic heterocycles. The first kappa shape index (κ1) is 108. The van der Waals surface area contributed by atoms with E-state index in [4.69, 9.17) is 4.99 Å². The van der Waals surface area contributed by atoms with Crippen molar-refractivity contribution in [1.29, 1.82) is 0 Å². The summed E-state index contributed by atoms with van der Waals surface area (Å²) in [6.07, 6.45) is 16.6. The number of hydrogen-bond acceptors (Lipinski definition) is 9. The quantitative estimate of drug-likeness (QED) is 0.0740. The SMILES string of the molecule is CC(C)[P+](c1cc[c-]c(-c2cnccn2)c1)(C(C)C)C(C)C.CC1(C)C(c2[c-]ccc([P+](C)(C)C)c2)=Nc2ccccc21.CN1C=CN(c2[c-]ccc([P+](C)(C)C)c2)[CH-]1.C[P+](C)(C)c1cc[c-]c(-c2ccccn2)c1.C[P+](C)(C)c1cc[c-]c(-c2nccc3ccccc23)c1.[Ir].[Ir].[Ir].[Ir].[Ir].[c-]1ccccc1-c1ccccn1.[c-]1ccccc1-c1ccccn1. The third kappa shape index (κ3) is 30.0. The van der Waals surface area contributed by atoms with Gasteiger partial charge in [0.05, 0.1) is 103 Å². The Hall–Kier alpha value is -6.67. The second kappa shape index (κ2) is 50.3. The van der Waals surface area contributed by atoms with Crippen LogP contribution in [-0.4, -0.2) is 145 Å². The van der Waals surface area contributed by atoms with Crippen LogP contribution < -0.4 is 31.4 Å². The van der Waals surface area contributed by atoms with Gasteiger partial charge in [0.1, 0.15) is 0 Å². The van der Waals surface area contributed by atoms with Crippen molar-refractivity contribution in [2.45, 2.75) is 77.8 Å². The zero-order valence-electron chi connectivity index (χ0n) is 75.1. The van der Waals surface area contributed by atoms with Crippen molar-refractivity contribution in [2.24, 2.45) is 4.99 Å². The van der Waals surface area contributed by atoms with Gasteiger partial charge in [-0.15, -0.1) is 209 Å². The average Bonchev–Trinajstić information content (AvgIpc) is 1.45.